The maximum absolute atomic E-state index is 13.5. The fourth-order valence-electron chi connectivity index (χ4n) is 1.53. The molecule has 0 fully saturated rings. The third kappa shape index (κ3) is 1.84. The molecule has 0 saturated carbocycles. The molecular formula is C12H9FO2S. The number of carbonyl (C=O) groups is 1. The lowest BCUT2D eigenvalue weighted by Crippen LogP contribution is -1.90. The number of aryl methyl sites for hydroxylation is 1. The van der Waals surface area contributed by atoms with Crippen molar-refractivity contribution in [3.63, 3.8) is 0 Å². The minimum absolute atomic E-state index is 0.232. The Labute approximate surface area is 96.0 Å². The summed E-state index contributed by atoms with van der Waals surface area (Å²) in [6, 6.07) is 7.87. The normalized spacial score (nSPS) is 10.4. The molecule has 0 saturated heterocycles. The molecule has 1 aromatic carbocycles. The summed E-state index contributed by atoms with van der Waals surface area (Å²) in [6.07, 6.45) is 0. The second-order valence-corrected chi connectivity index (χ2v) is 4.62. The third-order valence-electron chi connectivity index (χ3n) is 2.29. The maximum Gasteiger partial charge on any atom is 0.345 e. The molecular weight excluding hydrogens is 227 g/mol. The number of rotatable bonds is 2. The maximum atomic E-state index is 13.5. The van der Waals surface area contributed by atoms with E-state index in [1.165, 1.54) is 12.1 Å². The SMILES string of the molecule is Cc1sc(C(=O)O)cc1-c1ccccc1F. The molecule has 2 rings (SSSR count). The van der Waals surface area contributed by atoms with Crippen molar-refractivity contribution < 1.29 is 14.3 Å². The quantitative estimate of drug-likeness (QED) is 0.865. The van der Waals surface area contributed by atoms with Gasteiger partial charge in [-0.2, -0.15) is 0 Å². The van der Waals surface area contributed by atoms with Crippen LogP contribution in [0.4, 0.5) is 4.39 Å². The number of aromatic carboxylic acids is 1. The van der Waals surface area contributed by atoms with Gasteiger partial charge in [0.15, 0.2) is 0 Å². The zero-order chi connectivity index (χ0) is 11.7. The van der Waals surface area contributed by atoms with Crippen LogP contribution >= 0.6 is 11.3 Å². The number of hydrogen-bond acceptors (Lipinski definition) is 2. The van der Waals surface area contributed by atoms with Gasteiger partial charge in [-0.15, -0.1) is 11.3 Å². The molecule has 1 heterocycles. The van der Waals surface area contributed by atoms with Crippen LogP contribution < -0.4 is 0 Å². The van der Waals surface area contributed by atoms with E-state index in [9.17, 15) is 9.18 Å². The van der Waals surface area contributed by atoms with Crippen LogP contribution in [0, 0.1) is 12.7 Å². The third-order valence-corrected chi connectivity index (χ3v) is 3.33. The number of benzene rings is 1. The second-order valence-electron chi connectivity index (χ2n) is 3.37. The van der Waals surface area contributed by atoms with Gasteiger partial charge in [0, 0.05) is 10.4 Å². The van der Waals surface area contributed by atoms with Gasteiger partial charge in [0.1, 0.15) is 10.7 Å². The minimum Gasteiger partial charge on any atom is -0.477 e. The van der Waals surface area contributed by atoms with Crippen molar-refractivity contribution in [2.45, 2.75) is 6.92 Å². The van der Waals surface area contributed by atoms with Crippen molar-refractivity contribution in [2.75, 3.05) is 0 Å². The largest absolute Gasteiger partial charge is 0.477 e. The summed E-state index contributed by atoms with van der Waals surface area (Å²) in [6.45, 7) is 1.79. The van der Waals surface area contributed by atoms with Crippen LogP contribution in [-0.2, 0) is 0 Å². The van der Waals surface area contributed by atoms with Gasteiger partial charge in [-0.25, -0.2) is 9.18 Å². The highest BCUT2D eigenvalue weighted by molar-refractivity contribution is 7.14. The van der Waals surface area contributed by atoms with E-state index in [4.69, 9.17) is 5.11 Å². The van der Waals surface area contributed by atoms with Crippen LogP contribution in [0.5, 0.6) is 0 Å². The number of carboxylic acids is 1. The van der Waals surface area contributed by atoms with E-state index in [2.05, 4.69) is 0 Å². The Morgan fingerprint density at radius 2 is 2.00 bits per heavy atom. The van der Waals surface area contributed by atoms with Crippen molar-refractivity contribution in [1.29, 1.82) is 0 Å². The molecule has 0 amide bonds. The monoisotopic (exact) mass is 236 g/mol. The highest BCUT2D eigenvalue weighted by atomic mass is 32.1. The van der Waals surface area contributed by atoms with Crippen LogP contribution in [-0.4, -0.2) is 11.1 Å². The molecule has 1 N–H and O–H groups in total. The van der Waals surface area contributed by atoms with Gasteiger partial charge in [0.05, 0.1) is 0 Å². The molecule has 0 aliphatic carbocycles. The summed E-state index contributed by atoms with van der Waals surface area (Å²) in [5.41, 5.74) is 1.10. The van der Waals surface area contributed by atoms with Gasteiger partial charge in [0.25, 0.3) is 0 Å². The Bertz CT molecular complexity index is 546. The van der Waals surface area contributed by atoms with E-state index in [0.717, 1.165) is 16.2 Å². The van der Waals surface area contributed by atoms with Crippen LogP contribution in [0.15, 0.2) is 30.3 Å². The Morgan fingerprint density at radius 1 is 1.31 bits per heavy atom. The predicted octanol–water partition coefficient (Wildman–Crippen LogP) is 3.56. The van der Waals surface area contributed by atoms with Crippen LogP contribution in [0.2, 0.25) is 0 Å². The average molecular weight is 236 g/mol. The minimum atomic E-state index is -0.976. The standard InChI is InChI=1S/C12H9FO2S/c1-7-9(6-11(16-7)12(14)15)8-4-2-3-5-10(8)13/h2-6H,1H3,(H,14,15). The Hall–Kier alpha value is -1.68. The van der Waals surface area contributed by atoms with Crippen molar-refractivity contribution >= 4 is 17.3 Å². The fourth-order valence-corrected chi connectivity index (χ4v) is 2.41. The van der Waals surface area contributed by atoms with Gasteiger partial charge >= 0.3 is 5.97 Å². The number of carboxylic acid groups (broad SMARTS) is 1. The molecule has 0 unspecified atom stereocenters. The number of halogens is 1. The second kappa shape index (κ2) is 4.06. The summed E-state index contributed by atoms with van der Waals surface area (Å²) in [7, 11) is 0. The van der Waals surface area contributed by atoms with Gasteiger partial charge in [-0.05, 0) is 24.6 Å². The lowest BCUT2D eigenvalue weighted by Gasteiger charge is -2.00. The van der Waals surface area contributed by atoms with E-state index >= 15 is 0 Å². The molecule has 0 radical (unpaired) electrons. The van der Waals surface area contributed by atoms with E-state index in [1.807, 2.05) is 0 Å². The summed E-state index contributed by atoms with van der Waals surface area (Å²) < 4.78 is 13.5. The fraction of sp³-hybridized carbons (Fsp3) is 0.0833. The summed E-state index contributed by atoms with van der Waals surface area (Å²) >= 11 is 1.16. The highest BCUT2D eigenvalue weighted by Gasteiger charge is 2.14. The number of hydrogen-bond donors (Lipinski definition) is 1. The molecule has 82 valence electrons. The first-order valence-electron chi connectivity index (χ1n) is 4.68. The van der Waals surface area contributed by atoms with Crippen LogP contribution in [0.25, 0.3) is 11.1 Å². The lowest BCUT2D eigenvalue weighted by molar-refractivity contribution is 0.0702. The molecule has 16 heavy (non-hydrogen) atoms. The zero-order valence-electron chi connectivity index (χ0n) is 8.53. The first-order chi connectivity index (χ1) is 7.59. The van der Waals surface area contributed by atoms with Crippen LogP contribution in [0.1, 0.15) is 14.5 Å². The molecule has 0 bridgehead atoms. The molecule has 0 spiro atoms. The molecule has 2 aromatic rings. The van der Waals surface area contributed by atoms with Crippen molar-refractivity contribution in [1.82, 2.24) is 0 Å². The van der Waals surface area contributed by atoms with Gasteiger partial charge in [-0.3, -0.25) is 0 Å². The first kappa shape index (κ1) is 10.8. The van der Waals surface area contributed by atoms with E-state index in [1.54, 1.807) is 25.1 Å². The van der Waals surface area contributed by atoms with E-state index < -0.39 is 5.97 Å². The van der Waals surface area contributed by atoms with Crippen LogP contribution in [0.3, 0.4) is 0 Å². The van der Waals surface area contributed by atoms with Crippen molar-refractivity contribution in [3.05, 3.63) is 45.9 Å². The Kier molecular flexibility index (Phi) is 2.75. The molecule has 2 nitrogen and oxygen atoms in total. The zero-order valence-corrected chi connectivity index (χ0v) is 9.34. The molecule has 0 aliphatic heterocycles. The van der Waals surface area contributed by atoms with E-state index in [0.29, 0.717) is 11.1 Å². The van der Waals surface area contributed by atoms with Gasteiger partial charge in [0.2, 0.25) is 0 Å². The van der Waals surface area contributed by atoms with Gasteiger partial charge in [-0.1, -0.05) is 18.2 Å². The Morgan fingerprint density at radius 3 is 2.56 bits per heavy atom. The topological polar surface area (TPSA) is 37.3 Å². The molecule has 1 aromatic heterocycles. The van der Waals surface area contributed by atoms with E-state index in [-0.39, 0.29) is 10.7 Å². The summed E-state index contributed by atoms with van der Waals surface area (Å²) in [4.78, 5) is 11.8. The number of thiophene rings is 1. The van der Waals surface area contributed by atoms with Crippen molar-refractivity contribution in [3.8, 4) is 11.1 Å². The summed E-state index contributed by atoms with van der Waals surface area (Å²) in [5.74, 6) is -1.31. The smallest absolute Gasteiger partial charge is 0.345 e. The molecule has 0 atom stereocenters. The molecule has 0 aliphatic rings. The highest BCUT2D eigenvalue weighted by Crippen LogP contribution is 2.32. The predicted molar refractivity (Wildman–Crippen MR) is 61.4 cm³/mol. The summed E-state index contributed by atoms with van der Waals surface area (Å²) in [5, 5.41) is 8.86. The lowest BCUT2D eigenvalue weighted by atomic mass is 10.1. The first-order valence-corrected chi connectivity index (χ1v) is 5.50. The van der Waals surface area contributed by atoms with Crippen molar-refractivity contribution in [2.24, 2.45) is 0 Å². The Balaban J connectivity index is 2.57. The molecule has 4 heteroatoms. The average Bonchev–Trinajstić information content (AvgIpc) is 2.61. The van der Waals surface area contributed by atoms with Gasteiger partial charge < -0.3 is 5.11 Å².